The van der Waals surface area contributed by atoms with E-state index in [0.29, 0.717) is 0 Å². The van der Waals surface area contributed by atoms with Crippen LogP contribution >= 0.6 is 0 Å². The molecule has 1 atom stereocenters. The molecule has 0 spiro atoms. The van der Waals surface area contributed by atoms with Crippen LogP contribution in [-0.4, -0.2) is 23.4 Å². The number of fused-ring (bicyclic) bond motifs is 4. The molecule has 3 nitrogen and oxygen atoms in total. The van der Waals surface area contributed by atoms with Gasteiger partial charge in [-0.2, -0.15) is 0 Å². The molecule has 0 saturated heterocycles. The van der Waals surface area contributed by atoms with Crippen molar-refractivity contribution < 1.29 is 14.9 Å². The smallest absolute Gasteiger partial charge is 0.119 e. The monoisotopic (exact) mass is 444 g/mol. The number of hydrogen-bond acceptors (Lipinski definition) is 3. The summed E-state index contributed by atoms with van der Waals surface area (Å²) >= 11 is 0. The third kappa shape index (κ3) is 3.01. The first-order valence-corrected chi connectivity index (χ1v) is 11.5. The summed E-state index contributed by atoms with van der Waals surface area (Å²) in [5.74, 6) is 0.973. The Hall–Kier alpha value is -4.08. The van der Waals surface area contributed by atoms with Crippen LogP contribution in [0.25, 0.3) is 21.9 Å². The highest BCUT2D eigenvalue weighted by atomic mass is 16.5. The molecule has 0 aliphatic heterocycles. The molecule has 5 aromatic rings. The number of aliphatic hydroxyl groups is 1. The van der Waals surface area contributed by atoms with Gasteiger partial charge in [-0.05, 0) is 80.6 Å². The third-order valence-corrected chi connectivity index (χ3v) is 6.86. The van der Waals surface area contributed by atoms with Gasteiger partial charge in [0.1, 0.15) is 18.1 Å². The first-order valence-electron chi connectivity index (χ1n) is 11.5. The van der Waals surface area contributed by atoms with Gasteiger partial charge >= 0.3 is 0 Å². The van der Waals surface area contributed by atoms with E-state index < -0.39 is 5.41 Å². The minimum Gasteiger partial charge on any atom is -0.508 e. The summed E-state index contributed by atoms with van der Waals surface area (Å²) in [5.41, 5.74) is 6.56. The van der Waals surface area contributed by atoms with Crippen molar-refractivity contribution in [2.75, 3.05) is 13.2 Å². The minimum absolute atomic E-state index is 0.0208. The molecule has 1 aliphatic rings. The van der Waals surface area contributed by atoms with E-state index >= 15 is 0 Å². The van der Waals surface area contributed by atoms with Crippen molar-refractivity contribution >= 4 is 10.8 Å². The van der Waals surface area contributed by atoms with Gasteiger partial charge in [-0.25, -0.2) is 0 Å². The van der Waals surface area contributed by atoms with E-state index in [0.717, 1.165) is 16.9 Å². The molecule has 0 aromatic heterocycles. The Morgan fingerprint density at radius 1 is 0.618 bits per heavy atom. The van der Waals surface area contributed by atoms with Gasteiger partial charge in [0, 0.05) is 0 Å². The highest BCUT2D eigenvalue weighted by Crippen LogP contribution is 2.57. The van der Waals surface area contributed by atoms with Crippen LogP contribution in [0.5, 0.6) is 11.5 Å². The lowest BCUT2D eigenvalue weighted by molar-refractivity contribution is 0.201. The van der Waals surface area contributed by atoms with Gasteiger partial charge in [0.25, 0.3) is 0 Å². The summed E-state index contributed by atoms with van der Waals surface area (Å²) < 4.78 is 5.64. The molecule has 5 aromatic carbocycles. The molecule has 166 valence electrons. The summed E-state index contributed by atoms with van der Waals surface area (Å²) in [6, 6.07) is 37.4. The predicted octanol–water partition coefficient (Wildman–Crippen LogP) is 6.28. The van der Waals surface area contributed by atoms with Crippen LogP contribution < -0.4 is 4.74 Å². The van der Waals surface area contributed by atoms with Crippen LogP contribution in [0.4, 0.5) is 0 Å². The van der Waals surface area contributed by atoms with Crippen molar-refractivity contribution in [2.45, 2.75) is 5.41 Å². The van der Waals surface area contributed by atoms with Gasteiger partial charge < -0.3 is 14.9 Å². The predicted molar refractivity (Wildman–Crippen MR) is 135 cm³/mol. The summed E-state index contributed by atoms with van der Waals surface area (Å²) in [5, 5.41) is 21.6. The highest BCUT2D eigenvalue weighted by Gasteiger charge is 2.46. The van der Waals surface area contributed by atoms with Gasteiger partial charge in [-0.1, -0.05) is 72.8 Å². The number of aromatic hydroxyl groups is 1. The van der Waals surface area contributed by atoms with Gasteiger partial charge in [-0.15, -0.1) is 0 Å². The van der Waals surface area contributed by atoms with E-state index in [1.54, 1.807) is 12.1 Å². The van der Waals surface area contributed by atoms with Crippen LogP contribution in [0.2, 0.25) is 0 Å². The summed E-state index contributed by atoms with van der Waals surface area (Å²) in [7, 11) is 0. The Morgan fingerprint density at radius 3 is 1.94 bits per heavy atom. The molecule has 0 amide bonds. The van der Waals surface area contributed by atoms with E-state index in [1.165, 1.54) is 33.0 Å². The van der Waals surface area contributed by atoms with Gasteiger partial charge in [0.2, 0.25) is 0 Å². The van der Waals surface area contributed by atoms with Crippen molar-refractivity contribution in [1.29, 1.82) is 0 Å². The second kappa shape index (κ2) is 8.05. The summed E-state index contributed by atoms with van der Waals surface area (Å²) in [6.45, 7) is 0.243. The van der Waals surface area contributed by atoms with Crippen molar-refractivity contribution in [3.05, 3.63) is 131 Å². The number of rotatable bonds is 5. The maximum absolute atomic E-state index is 10.1. The molecular weight excluding hydrogens is 420 g/mol. The van der Waals surface area contributed by atoms with Crippen LogP contribution in [0.1, 0.15) is 22.3 Å². The Morgan fingerprint density at radius 2 is 1.24 bits per heavy atom. The highest BCUT2D eigenvalue weighted by molar-refractivity contribution is 5.95. The van der Waals surface area contributed by atoms with Crippen LogP contribution in [0.15, 0.2) is 109 Å². The van der Waals surface area contributed by atoms with E-state index in [-0.39, 0.29) is 19.0 Å². The zero-order valence-electron chi connectivity index (χ0n) is 18.6. The third-order valence-electron chi connectivity index (χ3n) is 6.86. The SMILES string of the molecule is OCCOc1ccc(C2(c3ccc(O)cc3)c3ccccc3-c3cc4ccccc4cc32)cc1. The van der Waals surface area contributed by atoms with E-state index in [9.17, 15) is 5.11 Å². The van der Waals surface area contributed by atoms with Crippen LogP contribution in [0, 0.1) is 0 Å². The Bertz CT molecular complexity index is 1490. The lowest BCUT2D eigenvalue weighted by atomic mass is 9.67. The number of ether oxygens (including phenoxy) is 1. The number of phenolic OH excluding ortho intramolecular Hbond substituents is 1. The van der Waals surface area contributed by atoms with Gasteiger partial charge in [0.05, 0.1) is 12.0 Å². The topological polar surface area (TPSA) is 49.7 Å². The maximum atomic E-state index is 10.1. The lowest BCUT2D eigenvalue weighted by Gasteiger charge is -2.34. The lowest BCUT2D eigenvalue weighted by Crippen LogP contribution is -2.28. The Balaban J connectivity index is 1.69. The van der Waals surface area contributed by atoms with E-state index in [4.69, 9.17) is 9.84 Å². The van der Waals surface area contributed by atoms with E-state index in [1.807, 2.05) is 24.3 Å². The van der Waals surface area contributed by atoms with Crippen LogP contribution in [-0.2, 0) is 5.41 Å². The van der Waals surface area contributed by atoms with Gasteiger partial charge in [0.15, 0.2) is 0 Å². The number of aliphatic hydroxyl groups excluding tert-OH is 1. The van der Waals surface area contributed by atoms with Crippen molar-refractivity contribution in [3.63, 3.8) is 0 Å². The molecule has 1 unspecified atom stereocenters. The average molecular weight is 445 g/mol. The largest absolute Gasteiger partial charge is 0.508 e. The minimum atomic E-state index is -0.542. The fourth-order valence-corrected chi connectivity index (χ4v) is 5.43. The van der Waals surface area contributed by atoms with Crippen molar-refractivity contribution in [2.24, 2.45) is 0 Å². The number of hydrogen-bond donors (Lipinski definition) is 2. The quantitative estimate of drug-likeness (QED) is 0.329. The number of phenols is 1. The first-order chi connectivity index (χ1) is 16.7. The maximum Gasteiger partial charge on any atom is 0.119 e. The standard InChI is InChI=1S/C31H24O3/c32-17-18-34-26-15-11-24(12-16-26)31(23-9-13-25(33)14-10-23)29-8-4-3-7-27(29)28-19-21-5-1-2-6-22(21)20-30(28)31/h1-16,19-20,32-33H,17-18H2. The van der Waals surface area contributed by atoms with Crippen molar-refractivity contribution in [1.82, 2.24) is 0 Å². The molecule has 0 heterocycles. The Labute approximate surface area is 198 Å². The molecule has 0 radical (unpaired) electrons. The molecule has 3 heteroatoms. The second-order valence-electron chi connectivity index (χ2n) is 8.68. The first kappa shape index (κ1) is 20.5. The molecule has 0 saturated carbocycles. The second-order valence-corrected chi connectivity index (χ2v) is 8.68. The zero-order valence-corrected chi connectivity index (χ0v) is 18.6. The fraction of sp³-hybridized carbons (Fsp3) is 0.0968. The zero-order chi connectivity index (χ0) is 23.1. The molecule has 0 bridgehead atoms. The summed E-state index contributed by atoms with van der Waals surface area (Å²) in [6.07, 6.45) is 0. The summed E-state index contributed by atoms with van der Waals surface area (Å²) in [4.78, 5) is 0. The van der Waals surface area contributed by atoms with Crippen molar-refractivity contribution in [3.8, 4) is 22.6 Å². The van der Waals surface area contributed by atoms with Crippen LogP contribution in [0.3, 0.4) is 0 Å². The number of benzene rings is 5. The molecule has 0 fully saturated rings. The molecular formula is C31H24O3. The molecule has 34 heavy (non-hydrogen) atoms. The average Bonchev–Trinajstić information content (AvgIpc) is 3.17. The van der Waals surface area contributed by atoms with Gasteiger partial charge in [-0.3, -0.25) is 0 Å². The normalized spacial score (nSPS) is 16.3. The molecule has 6 rings (SSSR count). The molecule has 2 N–H and O–H groups in total. The molecule has 1 aliphatic carbocycles. The Kier molecular flexibility index (Phi) is 4.86. The van der Waals surface area contributed by atoms with E-state index in [2.05, 4.69) is 72.8 Å². The fourth-order valence-electron chi connectivity index (χ4n) is 5.43.